The van der Waals surface area contributed by atoms with Crippen LogP contribution >= 0.6 is 0 Å². The SMILES string of the molecule is O=C(On1nnc2ccccc21)c1ccc[nH]1. The molecule has 0 bridgehead atoms. The van der Waals surface area contributed by atoms with Crippen molar-refractivity contribution < 1.29 is 9.63 Å². The molecule has 0 aliphatic rings. The molecular weight excluding hydrogens is 220 g/mol. The third-order valence-electron chi connectivity index (χ3n) is 2.31. The molecule has 0 atom stereocenters. The van der Waals surface area contributed by atoms with Gasteiger partial charge in [0.1, 0.15) is 16.7 Å². The number of nitrogens with zero attached hydrogens (tertiary/aromatic N) is 3. The Balaban J connectivity index is 1.93. The maximum Gasteiger partial charge on any atom is 0.381 e. The third kappa shape index (κ3) is 1.65. The molecule has 0 amide bonds. The van der Waals surface area contributed by atoms with Crippen LogP contribution in [-0.2, 0) is 0 Å². The van der Waals surface area contributed by atoms with Gasteiger partial charge in [-0.15, -0.1) is 5.10 Å². The second-order valence-electron chi connectivity index (χ2n) is 3.41. The van der Waals surface area contributed by atoms with E-state index in [0.717, 1.165) is 4.85 Å². The first-order valence-corrected chi connectivity index (χ1v) is 5.01. The summed E-state index contributed by atoms with van der Waals surface area (Å²) in [5, 5.41) is 7.63. The Morgan fingerprint density at radius 2 is 2.12 bits per heavy atom. The largest absolute Gasteiger partial charge is 0.381 e. The Morgan fingerprint density at radius 1 is 1.24 bits per heavy atom. The average Bonchev–Trinajstić information content (AvgIpc) is 2.98. The quantitative estimate of drug-likeness (QED) is 0.665. The Hall–Kier alpha value is -2.63. The summed E-state index contributed by atoms with van der Waals surface area (Å²) < 4.78 is 0. The first-order chi connectivity index (χ1) is 8.34. The molecule has 0 radical (unpaired) electrons. The monoisotopic (exact) mass is 228 g/mol. The number of aromatic amines is 1. The van der Waals surface area contributed by atoms with Crippen molar-refractivity contribution in [3.05, 3.63) is 48.3 Å². The molecule has 2 heterocycles. The van der Waals surface area contributed by atoms with Gasteiger partial charge in [-0.05, 0) is 29.5 Å². The number of rotatable bonds is 2. The van der Waals surface area contributed by atoms with Gasteiger partial charge in [-0.3, -0.25) is 0 Å². The van der Waals surface area contributed by atoms with Crippen LogP contribution < -0.4 is 4.84 Å². The van der Waals surface area contributed by atoms with Gasteiger partial charge in [0.05, 0.1) is 0 Å². The Bertz CT molecular complexity index is 657. The lowest BCUT2D eigenvalue weighted by atomic mass is 10.3. The van der Waals surface area contributed by atoms with Crippen LogP contribution in [0.25, 0.3) is 11.0 Å². The molecule has 84 valence electrons. The number of para-hydroxylation sites is 1. The summed E-state index contributed by atoms with van der Waals surface area (Å²) in [7, 11) is 0. The molecule has 3 aromatic rings. The Kier molecular flexibility index (Phi) is 2.11. The summed E-state index contributed by atoms with van der Waals surface area (Å²) in [4.78, 5) is 20.6. The Morgan fingerprint density at radius 3 is 2.94 bits per heavy atom. The van der Waals surface area contributed by atoms with E-state index in [1.54, 1.807) is 30.5 Å². The van der Waals surface area contributed by atoms with E-state index in [-0.39, 0.29) is 0 Å². The minimum Gasteiger partial charge on any atom is -0.356 e. The average molecular weight is 228 g/mol. The normalized spacial score (nSPS) is 10.6. The standard InChI is InChI=1S/C11H8N4O2/c16-11(9-5-3-7-12-9)17-15-10-6-2-1-4-8(10)13-14-15/h1-7,12H. The van der Waals surface area contributed by atoms with E-state index in [1.165, 1.54) is 0 Å². The lowest BCUT2D eigenvalue weighted by molar-refractivity contribution is 0.0403. The number of hydrogen-bond donors (Lipinski definition) is 1. The number of carbonyl (C=O) groups excluding carboxylic acids is 1. The third-order valence-corrected chi connectivity index (χ3v) is 2.31. The van der Waals surface area contributed by atoms with Gasteiger partial charge >= 0.3 is 5.97 Å². The molecule has 6 nitrogen and oxygen atoms in total. The van der Waals surface area contributed by atoms with E-state index in [2.05, 4.69) is 15.3 Å². The van der Waals surface area contributed by atoms with E-state index in [1.807, 2.05) is 12.1 Å². The van der Waals surface area contributed by atoms with E-state index in [4.69, 9.17) is 4.84 Å². The van der Waals surface area contributed by atoms with Crippen molar-refractivity contribution in [2.75, 3.05) is 0 Å². The van der Waals surface area contributed by atoms with Crippen LogP contribution in [0.4, 0.5) is 0 Å². The lowest BCUT2D eigenvalue weighted by Gasteiger charge is -2.00. The first kappa shape index (κ1) is 9.59. The topological polar surface area (TPSA) is 72.8 Å². The number of fused-ring (bicyclic) bond motifs is 1. The molecule has 0 fully saturated rings. The van der Waals surface area contributed by atoms with Crippen LogP contribution in [0.5, 0.6) is 0 Å². The van der Waals surface area contributed by atoms with Gasteiger partial charge in [0.2, 0.25) is 0 Å². The highest BCUT2D eigenvalue weighted by Crippen LogP contribution is 2.08. The predicted octanol–water partition coefficient (Wildman–Crippen LogP) is 1.03. The van der Waals surface area contributed by atoms with Crippen molar-refractivity contribution in [2.45, 2.75) is 0 Å². The van der Waals surface area contributed by atoms with Crippen molar-refractivity contribution in [2.24, 2.45) is 0 Å². The molecule has 6 heteroatoms. The first-order valence-electron chi connectivity index (χ1n) is 5.01. The van der Waals surface area contributed by atoms with Crippen molar-refractivity contribution in [1.29, 1.82) is 0 Å². The molecule has 0 saturated heterocycles. The van der Waals surface area contributed by atoms with Crippen LogP contribution in [0.2, 0.25) is 0 Å². The molecule has 3 rings (SSSR count). The summed E-state index contributed by atoms with van der Waals surface area (Å²) in [6, 6.07) is 10.6. The fourth-order valence-electron chi connectivity index (χ4n) is 1.50. The molecule has 0 aliphatic carbocycles. The molecule has 17 heavy (non-hydrogen) atoms. The minimum atomic E-state index is -0.509. The fourth-order valence-corrected chi connectivity index (χ4v) is 1.50. The summed E-state index contributed by atoms with van der Waals surface area (Å²) >= 11 is 0. The van der Waals surface area contributed by atoms with Gasteiger partial charge in [-0.2, -0.15) is 0 Å². The summed E-state index contributed by atoms with van der Waals surface area (Å²) in [5.74, 6) is -0.509. The number of benzene rings is 1. The molecule has 1 N–H and O–H groups in total. The van der Waals surface area contributed by atoms with Crippen LogP contribution in [0.15, 0.2) is 42.6 Å². The van der Waals surface area contributed by atoms with Crippen molar-refractivity contribution in [3.8, 4) is 0 Å². The number of H-pyrrole nitrogens is 1. The zero-order chi connectivity index (χ0) is 11.7. The summed E-state index contributed by atoms with van der Waals surface area (Å²) in [5.41, 5.74) is 1.68. The minimum absolute atomic E-state index is 0.365. The van der Waals surface area contributed by atoms with Gasteiger partial charge < -0.3 is 9.82 Å². The fraction of sp³-hybridized carbons (Fsp3) is 0. The number of nitrogens with one attached hydrogen (secondary N) is 1. The van der Waals surface area contributed by atoms with Crippen LogP contribution in [0.1, 0.15) is 10.5 Å². The summed E-state index contributed by atoms with van der Waals surface area (Å²) in [6.07, 6.45) is 1.65. The van der Waals surface area contributed by atoms with Crippen LogP contribution in [0.3, 0.4) is 0 Å². The van der Waals surface area contributed by atoms with Gasteiger partial charge in [0.25, 0.3) is 0 Å². The number of carbonyl (C=O) groups is 1. The van der Waals surface area contributed by atoms with Crippen LogP contribution in [0, 0.1) is 0 Å². The molecule has 0 spiro atoms. The molecule has 1 aromatic carbocycles. The second kappa shape index (κ2) is 3.75. The van der Waals surface area contributed by atoms with Crippen molar-refractivity contribution in [1.82, 2.24) is 20.1 Å². The van der Waals surface area contributed by atoms with E-state index in [9.17, 15) is 4.79 Å². The number of aromatic nitrogens is 4. The van der Waals surface area contributed by atoms with Crippen molar-refractivity contribution >= 4 is 17.0 Å². The zero-order valence-corrected chi connectivity index (χ0v) is 8.70. The van der Waals surface area contributed by atoms with E-state index in [0.29, 0.717) is 16.7 Å². The van der Waals surface area contributed by atoms with Crippen LogP contribution in [-0.4, -0.2) is 26.1 Å². The maximum atomic E-state index is 11.7. The highest BCUT2D eigenvalue weighted by molar-refractivity contribution is 5.88. The molecule has 0 saturated carbocycles. The predicted molar refractivity (Wildman–Crippen MR) is 59.2 cm³/mol. The highest BCUT2D eigenvalue weighted by atomic mass is 16.7. The lowest BCUT2D eigenvalue weighted by Crippen LogP contribution is -2.21. The van der Waals surface area contributed by atoms with Gasteiger partial charge in [-0.25, -0.2) is 4.79 Å². The summed E-state index contributed by atoms with van der Waals surface area (Å²) in [6.45, 7) is 0. The van der Waals surface area contributed by atoms with E-state index >= 15 is 0 Å². The van der Waals surface area contributed by atoms with Gasteiger partial charge in [0.15, 0.2) is 0 Å². The maximum absolute atomic E-state index is 11.7. The highest BCUT2D eigenvalue weighted by Gasteiger charge is 2.12. The second-order valence-corrected chi connectivity index (χ2v) is 3.41. The zero-order valence-electron chi connectivity index (χ0n) is 8.70. The Labute approximate surface area is 95.8 Å². The molecule has 2 aromatic heterocycles. The van der Waals surface area contributed by atoms with E-state index < -0.39 is 5.97 Å². The smallest absolute Gasteiger partial charge is 0.356 e. The van der Waals surface area contributed by atoms with Crippen molar-refractivity contribution in [3.63, 3.8) is 0 Å². The van der Waals surface area contributed by atoms with Gasteiger partial charge in [0, 0.05) is 6.20 Å². The molecule has 0 unspecified atom stereocenters. The molecule has 0 aliphatic heterocycles. The molecular formula is C11H8N4O2. The van der Waals surface area contributed by atoms with Gasteiger partial charge in [-0.1, -0.05) is 17.0 Å². The number of hydrogen-bond acceptors (Lipinski definition) is 4.